The molecule has 32 heavy (non-hydrogen) atoms. The van der Waals surface area contributed by atoms with Crippen molar-refractivity contribution in [2.24, 2.45) is 0 Å². The van der Waals surface area contributed by atoms with Gasteiger partial charge < -0.3 is 9.64 Å². The smallest absolute Gasteiger partial charge is 0.340 e. The van der Waals surface area contributed by atoms with Crippen molar-refractivity contribution in [1.29, 1.82) is 0 Å². The fraction of sp³-hybridized carbons (Fsp3) is 0.333. The molecule has 0 radical (unpaired) electrons. The van der Waals surface area contributed by atoms with Crippen LogP contribution in [0.5, 0.6) is 0 Å². The number of fused-ring (bicyclic) bond motifs is 1. The van der Waals surface area contributed by atoms with Crippen LogP contribution in [0.1, 0.15) is 39.2 Å². The van der Waals surface area contributed by atoms with Gasteiger partial charge >= 0.3 is 5.97 Å². The van der Waals surface area contributed by atoms with Gasteiger partial charge in [-0.2, -0.15) is 0 Å². The molecule has 0 aliphatic carbocycles. The number of carbonyl (C=O) groups excluding carboxylic acids is 2. The highest BCUT2D eigenvalue weighted by Crippen LogP contribution is 2.37. The number of hydrogen-bond acceptors (Lipinski definition) is 6. The van der Waals surface area contributed by atoms with E-state index in [2.05, 4.69) is 11.3 Å². The Morgan fingerprint density at radius 3 is 2.72 bits per heavy atom. The highest BCUT2D eigenvalue weighted by Gasteiger charge is 2.34. The quantitative estimate of drug-likeness (QED) is 0.459. The molecule has 2 aromatic rings. The number of nitrogens with zero attached hydrogens (tertiary/aromatic N) is 1. The molecule has 11 heteroatoms. The molecule has 172 valence electrons. The van der Waals surface area contributed by atoms with Gasteiger partial charge in [0.05, 0.1) is 19.2 Å². The molecule has 1 amide bonds. The third-order valence-electron chi connectivity index (χ3n) is 5.02. The summed E-state index contributed by atoms with van der Waals surface area (Å²) in [6.07, 6.45) is 2.80. The fourth-order valence-electron chi connectivity index (χ4n) is 3.37. The van der Waals surface area contributed by atoms with E-state index >= 15 is 0 Å². The number of benzene rings is 1. The summed E-state index contributed by atoms with van der Waals surface area (Å²) in [5.74, 6) is -3.00. The Labute approximate surface area is 188 Å². The number of halogens is 2. The maximum absolute atomic E-state index is 13.4. The molecule has 1 aromatic carbocycles. The molecule has 0 fully saturated rings. The number of thiophene rings is 1. The minimum Gasteiger partial charge on any atom is -0.465 e. The Morgan fingerprint density at radius 1 is 1.31 bits per heavy atom. The van der Waals surface area contributed by atoms with Gasteiger partial charge in [0.25, 0.3) is 10.0 Å². The van der Waals surface area contributed by atoms with Crippen LogP contribution in [0.3, 0.4) is 0 Å². The van der Waals surface area contributed by atoms with E-state index in [1.165, 1.54) is 6.07 Å². The molecule has 1 N–H and O–H groups in total. The molecule has 0 saturated carbocycles. The summed E-state index contributed by atoms with van der Waals surface area (Å²) in [6.45, 7) is 3.85. The fourth-order valence-corrected chi connectivity index (χ4v) is 6.33. The first-order valence-electron chi connectivity index (χ1n) is 9.73. The topological polar surface area (TPSA) is 92.8 Å². The molecule has 0 atom stereocenters. The number of methoxy groups -OCH3 is 1. The zero-order chi connectivity index (χ0) is 23.5. The molecule has 7 nitrogen and oxygen atoms in total. The zero-order valence-corrected chi connectivity index (χ0v) is 19.0. The van der Waals surface area contributed by atoms with E-state index < -0.39 is 27.6 Å². The maximum atomic E-state index is 13.4. The summed E-state index contributed by atoms with van der Waals surface area (Å²) >= 11 is 0.899. The summed E-state index contributed by atoms with van der Waals surface area (Å²) in [7, 11) is -3.02. The van der Waals surface area contributed by atoms with E-state index in [1.54, 1.807) is 11.0 Å². The number of rotatable bonds is 8. The van der Waals surface area contributed by atoms with E-state index in [0.29, 0.717) is 36.2 Å². The minimum absolute atomic E-state index is 0.0523. The van der Waals surface area contributed by atoms with Gasteiger partial charge in [-0.3, -0.25) is 4.79 Å². The number of nitrogens with one attached hydrogen (secondary N) is 1. The normalized spacial score (nSPS) is 13.5. The second-order valence-electron chi connectivity index (χ2n) is 7.12. The molecular weight excluding hydrogens is 462 g/mol. The van der Waals surface area contributed by atoms with E-state index in [1.807, 2.05) is 0 Å². The molecule has 0 saturated heterocycles. The first kappa shape index (κ1) is 24.0. The predicted octanol–water partition coefficient (Wildman–Crippen LogP) is 3.14. The highest BCUT2D eigenvalue weighted by atomic mass is 32.2. The van der Waals surface area contributed by atoms with Crippen LogP contribution in [0.25, 0.3) is 0 Å². The number of allylic oxidation sites excluding steroid dienone is 1. The second kappa shape index (κ2) is 9.88. The van der Waals surface area contributed by atoms with Crippen molar-refractivity contribution in [3.8, 4) is 0 Å². The van der Waals surface area contributed by atoms with Gasteiger partial charge in [0.1, 0.15) is 4.21 Å². The molecule has 1 aliphatic heterocycles. The lowest BCUT2D eigenvalue weighted by Gasteiger charge is -2.27. The Hall–Kier alpha value is -2.63. The molecule has 0 unspecified atom stereocenters. The average Bonchev–Trinajstić information content (AvgIpc) is 3.17. The van der Waals surface area contributed by atoms with Crippen molar-refractivity contribution in [3.05, 3.63) is 64.1 Å². The van der Waals surface area contributed by atoms with Crippen LogP contribution in [0.15, 0.2) is 35.1 Å². The number of ether oxygens (including phenoxy) is 1. The molecule has 3 rings (SSSR count). The summed E-state index contributed by atoms with van der Waals surface area (Å²) < 4.78 is 59.5. The number of hydrogen-bond donors (Lipinski definition) is 1. The van der Waals surface area contributed by atoms with Crippen molar-refractivity contribution in [3.63, 3.8) is 0 Å². The summed E-state index contributed by atoms with van der Waals surface area (Å²) in [5.41, 5.74) is 0.707. The third kappa shape index (κ3) is 5.05. The average molecular weight is 485 g/mol. The van der Waals surface area contributed by atoms with Crippen LogP contribution in [0.2, 0.25) is 0 Å². The SMILES string of the molecule is C=CCCC(=O)N1CCc2c(sc(S(=O)(=O)NCc3ccc(F)c(F)c3)c2C(=O)OC)C1. The number of esters is 1. The third-order valence-corrected chi connectivity index (χ3v) is 8.16. The van der Waals surface area contributed by atoms with E-state index in [-0.39, 0.29) is 34.3 Å². The zero-order valence-electron chi connectivity index (χ0n) is 17.3. The monoisotopic (exact) mass is 484 g/mol. The maximum Gasteiger partial charge on any atom is 0.340 e. The second-order valence-corrected chi connectivity index (χ2v) is 10.2. The van der Waals surface area contributed by atoms with Crippen LogP contribution in [-0.4, -0.2) is 38.8 Å². The van der Waals surface area contributed by atoms with Crippen molar-refractivity contribution in [1.82, 2.24) is 9.62 Å². The standard InChI is InChI=1S/C21H22F2N2O5S2/c1-3-4-5-18(26)25-9-8-14-17(12-25)31-21(19(14)20(27)30-2)32(28,29)24-11-13-6-7-15(22)16(23)10-13/h3,6-7,10,24H,1,4-5,8-9,11-12H2,2H3. The van der Waals surface area contributed by atoms with Crippen molar-refractivity contribution in [2.45, 2.75) is 36.6 Å². The minimum atomic E-state index is -4.18. The lowest BCUT2D eigenvalue weighted by Crippen LogP contribution is -2.35. The number of carbonyl (C=O) groups is 2. The highest BCUT2D eigenvalue weighted by molar-refractivity contribution is 7.91. The Balaban J connectivity index is 1.89. The lowest BCUT2D eigenvalue weighted by atomic mass is 10.0. The molecule has 0 spiro atoms. The Kier molecular flexibility index (Phi) is 7.42. The first-order valence-corrected chi connectivity index (χ1v) is 12.0. The van der Waals surface area contributed by atoms with Crippen molar-refractivity contribution in [2.75, 3.05) is 13.7 Å². The van der Waals surface area contributed by atoms with E-state index in [4.69, 9.17) is 4.74 Å². The number of sulfonamides is 1. The molecule has 1 aromatic heterocycles. The van der Waals surface area contributed by atoms with Crippen LogP contribution < -0.4 is 4.72 Å². The van der Waals surface area contributed by atoms with Crippen molar-refractivity contribution >= 4 is 33.2 Å². The molecule has 2 heterocycles. The lowest BCUT2D eigenvalue weighted by molar-refractivity contribution is -0.131. The van der Waals surface area contributed by atoms with Gasteiger partial charge in [0, 0.05) is 24.4 Å². The van der Waals surface area contributed by atoms with Gasteiger partial charge in [-0.05, 0) is 36.1 Å². The largest absolute Gasteiger partial charge is 0.465 e. The van der Waals surface area contributed by atoms with Crippen LogP contribution in [-0.2, 0) is 39.1 Å². The van der Waals surface area contributed by atoms with Crippen molar-refractivity contribution < 1.29 is 31.5 Å². The molecular formula is C21H22F2N2O5S2. The van der Waals surface area contributed by atoms with Crippen LogP contribution in [0.4, 0.5) is 8.78 Å². The summed E-state index contributed by atoms with van der Waals surface area (Å²) in [6, 6.07) is 3.06. The Morgan fingerprint density at radius 2 is 2.06 bits per heavy atom. The van der Waals surface area contributed by atoms with Gasteiger partial charge in [0.2, 0.25) is 5.91 Å². The first-order chi connectivity index (χ1) is 15.2. The summed E-state index contributed by atoms with van der Waals surface area (Å²) in [5, 5.41) is 0. The Bertz CT molecular complexity index is 1160. The van der Waals surface area contributed by atoms with Gasteiger partial charge in [0.15, 0.2) is 11.6 Å². The summed E-state index contributed by atoms with van der Waals surface area (Å²) in [4.78, 5) is 27.0. The van der Waals surface area contributed by atoms with Gasteiger partial charge in [-0.15, -0.1) is 17.9 Å². The van der Waals surface area contributed by atoms with Crippen LogP contribution in [0, 0.1) is 11.6 Å². The molecule has 0 bridgehead atoms. The number of amides is 1. The van der Waals surface area contributed by atoms with E-state index in [9.17, 15) is 26.8 Å². The molecule has 1 aliphatic rings. The van der Waals surface area contributed by atoms with Gasteiger partial charge in [-0.25, -0.2) is 26.7 Å². The van der Waals surface area contributed by atoms with E-state index in [0.717, 1.165) is 30.6 Å². The van der Waals surface area contributed by atoms with Gasteiger partial charge in [-0.1, -0.05) is 12.1 Å². The predicted molar refractivity (Wildman–Crippen MR) is 115 cm³/mol. The van der Waals surface area contributed by atoms with Crippen LogP contribution >= 0.6 is 11.3 Å².